The van der Waals surface area contributed by atoms with Gasteiger partial charge in [0.15, 0.2) is 11.0 Å². The van der Waals surface area contributed by atoms with E-state index >= 15 is 0 Å². The van der Waals surface area contributed by atoms with E-state index in [0.29, 0.717) is 34.8 Å². The summed E-state index contributed by atoms with van der Waals surface area (Å²) < 4.78 is 10.2. The molecule has 0 amide bonds. The third-order valence-electron chi connectivity index (χ3n) is 2.58. The van der Waals surface area contributed by atoms with Crippen molar-refractivity contribution in [3.63, 3.8) is 0 Å². The van der Waals surface area contributed by atoms with Gasteiger partial charge in [-0.05, 0) is 5.56 Å². The van der Waals surface area contributed by atoms with Gasteiger partial charge in [0.25, 0.3) is 5.89 Å². The zero-order chi connectivity index (χ0) is 13.9. The van der Waals surface area contributed by atoms with Crippen molar-refractivity contribution in [3.05, 3.63) is 35.1 Å². The average molecular weight is 289 g/mol. The van der Waals surface area contributed by atoms with Gasteiger partial charge in [0.2, 0.25) is 5.88 Å². The van der Waals surface area contributed by atoms with E-state index in [1.807, 2.05) is 6.07 Å². The van der Waals surface area contributed by atoms with Gasteiger partial charge in [-0.3, -0.25) is 0 Å². The summed E-state index contributed by atoms with van der Waals surface area (Å²) in [6, 6.07) is 3.69. The van der Waals surface area contributed by atoms with E-state index in [0.717, 1.165) is 5.56 Å². The molecule has 0 aliphatic heterocycles. The van der Waals surface area contributed by atoms with Crippen LogP contribution in [0.5, 0.6) is 5.88 Å². The fourth-order valence-corrected chi connectivity index (χ4v) is 2.17. The van der Waals surface area contributed by atoms with Crippen LogP contribution >= 0.6 is 11.3 Å². The Kier molecular flexibility index (Phi) is 3.30. The Hall–Kier alpha value is -2.48. The Morgan fingerprint density at radius 3 is 2.90 bits per heavy atom. The lowest BCUT2D eigenvalue weighted by molar-refractivity contribution is 0.397. The number of ether oxygens (including phenoxy) is 1. The second-order valence-electron chi connectivity index (χ2n) is 3.97. The second kappa shape index (κ2) is 5.25. The van der Waals surface area contributed by atoms with Gasteiger partial charge in [-0.2, -0.15) is 4.98 Å². The molecule has 7 nitrogen and oxygen atoms in total. The molecule has 0 aromatic carbocycles. The van der Waals surface area contributed by atoms with Crippen LogP contribution in [0.25, 0.3) is 11.6 Å². The summed E-state index contributed by atoms with van der Waals surface area (Å²) in [4.78, 5) is 12.5. The molecular weight excluding hydrogens is 278 g/mol. The first kappa shape index (κ1) is 12.5. The number of methoxy groups -OCH3 is 1. The van der Waals surface area contributed by atoms with E-state index < -0.39 is 0 Å². The predicted molar refractivity (Wildman–Crippen MR) is 73.4 cm³/mol. The highest BCUT2D eigenvalue weighted by molar-refractivity contribution is 7.13. The Morgan fingerprint density at radius 2 is 2.25 bits per heavy atom. The van der Waals surface area contributed by atoms with Crippen LogP contribution in [0.2, 0.25) is 0 Å². The van der Waals surface area contributed by atoms with Crippen molar-refractivity contribution in [2.24, 2.45) is 0 Å². The Labute approximate surface area is 118 Å². The predicted octanol–water partition coefficient (Wildman–Crippen LogP) is 1.77. The van der Waals surface area contributed by atoms with Gasteiger partial charge in [0.1, 0.15) is 5.69 Å². The number of nitrogens with two attached hydrogens (primary N) is 1. The van der Waals surface area contributed by atoms with Crippen LogP contribution in [-0.2, 0) is 6.42 Å². The van der Waals surface area contributed by atoms with Crippen LogP contribution in [0.15, 0.2) is 28.2 Å². The molecular formula is C12H11N5O2S. The third kappa shape index (κ3) is 2.59. The summed E-state index contributed by atoms with van der Waals surface area (Å²) in [5, 5.41) is 6.17. The van der Waals surface area contributed by atoms with Crippen LogP contribution in [0.1, 0.15) is 11.4 Å². The molecule has 0 aliphatic carbocycles. The van der Waals surface area contributed by atoms with Crippen molar-refractivity contribution < 1.29 is 9.26 Å². The molecule has 20 heavy (non-hydrogen) atoms. The largest absolute Gasteiger partial charge is 0.481 e. The van der Waals surface area contributed by atoms with Crippen molar-refractivity contribution in [2.45, 2.75) is 6.42 Å². The van der Waals surface area contributed by atoms with Gasteiger partial charge in [-0.25, -0.2) is 9.97 Å². The number of hydrogen-bond donors (Lipinski definition) is 1. The van der Waals surface area contributed by atoms with Gasteiger partial charge >= 0.3 is 0 Å². The topological polar surface area (TPSA) is 100.0 Å². The molecule has 102 valence electrons. The molecule has 8 heteroatoms. The summed E-state index contributed by atoms with van der Waals surface area (Å²) in [6.07, 6.45) is 2.25. The highest BCUT2D eigenvalue weighted by Gasteiger charge is 2.12. The normalized spacial score (nSPS) is 10.7. The van der Waals surface area contributed by atoms with E-state index in [1.54, 1.807) is 24.8 Å². The highest BCUT2D eigenvalue weighted by atomic mass is 32.1. The molecule has 3 aromatic heterocycles. The van der Waals surface area contributed by atoms with E-state index in [4.69, 9.17) is 15.0 Å². The molecule has 3 heterocycles. The van der Waals surface area contributed by atoms with Crippen molar-refractivity contribution in [1.29, 1.82) is 0 Å². The van der Waals surface area contributed by atoms with Crippen molar-refractivity contribution in [1.82, 2.24) is 20.1 Å². The van der Waals surface area contributed by atoms with E-state index in [1.165, 1.54) is 11.3 Å². The molecule has 3 rings (SSSR count). The standard InChI is InChI=1S/C12H11N5O2S/c1-18-10-3-2-7(5-14-10)4-9-16-11(19-17-9)8-6-20-12(13)15-8/h2-3,5-6H,4H2,1H3,(H2,13,15). The number of aromatic nitrogens is 4. The van der Waals surface area contributed by atoms with Gasteiger partial charge in [-0.15, -0.1) is 11.3 Å². The molecule has 0 aliphatic rings. The minimum Gasteiger partial charge on any atom is -0.481 e. The number of hydrogen-bond acceptors (Lipinski definition) is 8. The molecule has 0 radical (unpaired) electrons. The molecule has 0 fully saturated rings. The molecule has 0 atom stereocenters. The summed E-state index contributed by atoms with van der Waals surface area (Å²) >= 11 is 1.33. The fraction of sp³-hybridized carbons (Fsp3) is 0.167. The quantitative estimate of drug-likeness (QED) is 0.781. The van der Waals surface area contributed by atoms with Gasteiger partial charge < -0.3 is 15.0 Å². The molecule has 2 N–H and O–H groups in total. The van der Waals surface area contributed by atoms with Gasteiger partial charge in [-0.1, -0.05) is 11.2 Å². The molecule has 3 aromatic rings. The lowest BCUT2D eigenvalue weighted by Crippen LogP contribution is -1.93. The first-order chi connectivity index (χ1) is 9.74. The minimum atomic E-state index is 0.370. The molecule has 0 bridgehead atoms. The maximum Gasteiger partial charge on any atom is 0.277 e. The third-order valence-corrected chi connectivity index (χ3v) is 3.25. The van der Waals surface area contributed by atoms with Crippen molar-refractivity contribution in [3.8, 4) is 17.5 Å². The molecule has 0 unspecified atom stereocenters. The lowest BCUT2D eigenvalue weighted by Gasteiger charge is -1.99. The van der Waals surface area contributed by atoms with Crippen molar-refractivity contribution in [2.75, 3.05) is 12.8 Å². The number of nitrogens with zero attached hydrogens (tertiary/aromatic N) is 4. The molecule has 0 spiro atoms. The van der Waals surface area contributed by atoms with Crippen LogP contribution in [-0.4, -0.2) is 27.2 Å². The molecule has 0 saturated carbocycles. The second-order valence-corrected chi connectivity index (χ2v) is 4.86. The van der Waals surface area contributed by atoms with Crippen molar-refractivity contribution >= 4 is 16.5 Å². The molecule has 0 saturated heterocycles. The van der Waals surface area contributed by atoms with E-state index in [2.05, 4.69) is 20.1 Å². The highest BCUT2D eigenvalue weighted by Crippen LogP contribution is 2.21. The van der Waals surface area contributed by atoms with Crippen LogP contribution in [0.4, 0.5) is 5.13 Å². The van der Waals surface area contributed by atoms with Crippen LogP contribution in [0.3, 0.4) is 0 Å². The minimum absolute atomic E-state index is 0.370. The van der Waals surface area contributed by atoms with E-state index in [9.17, 15) is 0 Å². The van der Waals surface area contributed by atoms with Crippen LogP contribution < -0.4 is 10.5 Å². The zero-order valence-electron chi connectivity index (χ0n) is 10.6. The average Bonchev–Trinajstić information content (AvgIpc) is 3.09. The first-order valence-electron chi connectivity index (χ1n) is 5.77. The SMILES string of the molecule is COc1ccc(Cc2noc(-c3csc(N)n3)n2)cn1. The Balaban J connectivity index is 1.76. The smallest absolute Gasteiger partial charge is 0.277 e. The first-order valence-corrected chi connectivity index (χ1v) is 6.65. The summed E-state index contributed by atoms with van der Waals surface area (Å²) in [5.41, 5.74) is 7.14. The maximum absolute atomic E-state index is 5.57. The Morgan fingerprint density at radius 1 is 1.35 bits per heavy atom. The lowest BCUT2D eigenvalue weighted by atomic mass is 10.2. The zero-order valence-corrected chi connectivity index (χ0v) is 11.4. The van der Waals surface area contributed by atoms with Gasteiger partial charge in [0, 0.05) is 24.1 Å². The summed E-state index contributed by atoms with van der Waals surface area (Å²) in [5.74, 6) is 1.51. The van der Waals surface area contributed by atoms with E-state index in [-0.39, 0.29) is 0 Å². The summed E-state index contributed by atoms with van der Waals surface area (Å²) in [6.45, 7) is 0. The summed E-state index contributed by atoms with van der Waals surface area (Å²) in [7, 11) is 1.58. The maximum atomic E-state index is 5.57. The number of nitrogen functional groups attached to an aromatic ring is 1. The number of pyridine rings is 1. The fourth-order valence-electron chi connectivity index (χ4n) is 1.63. The monoisotopic (exact) mass is 289 g/mol. The number of thiazole rings is 1. The number of rotatable bonds is 4. The van der Waals surface area contributed by atoms with Gasteiger partial charge in [0.05, 0.1) is 7.11 Å². The van der Waals surface area contributed by atoms with Crippen LogP contribution in [0, 0.1) is 0 Å². The number of anilines is 1. The Bertz CT molecular complexity index is 707.